The van der Waals surface area contributed by atoms with E-state index in [0.29, 0.717) is 17.4 Å². The second kappa shape index (κ2) is 5.99. The molecule has 0 aliphatic heterocycles. The molecule has 0 heterocycles. The van der Waals surface area contributed by atoms with Crippen LogP contribution in [0.1, 0.15) is 26.7 Å². The number of anilines is 1. The fourth-order valence-electron chi connectivity index (χ4n) is 1.43. The first-order chi connectivity index (χ1) is 7.50. The molecule has 1 unspecified atom stereocenters. The van der Waals surface area contributed by atoms with E-state index >= 15 is 0 Å². The van der Waals surface area contributed by atoms with Crippen molar-refractivity contribution in [3.63, 3.8) is 0 Å². The highest BCUT2D eigenvalue weighted by molar-refractivity contribution is 7.85. The minimum atomic E-state index is -1.25. The van der Waals surface area contributed by atoms with Gasteiger partial charge in [0, 0.05) is 11.4 Å². The fraction of sp³-hybridized carbons (Fsp3) is 0.500. The van der Waals surface area contributed by atoms with E-state index in [0.717, 1.165) is 12.8 Å². The highest BCUT2D eigenvalue weighted by Gasteiger charge is 2.10. The molecule has 0 saturated heterocycles. The third kappa shape index (κ3) is 3.93. The van der Waals surface area contributed by atoms with Crippen LogP contribution in [0.5, 0.6) is 0 Å². The Morgan fingerprint density at radius 3 is 2.69 bits per heavy atom. The van der Waals surface area contributed by atoms with Gasteiger partial charge in [0.1, 0.15) is 5.82 Å². The summed E-state index contributed by atoms with van der Waals surface area (Å²) in [7, 11) is -1.25. The van der Waals surface area contributed by atoms with Crippen molar-refractivity contribution < 1.29 is 8.60 Å². The maximum atomic E-state index is 13.4. The van der Waals surface area contributed by atoms with Crippen LogP contribution in [0.15, 0.2) is 23.1 Å². The fourth-order valence-corrected chi connectivity index (χ4v) is 2.58. The van der Waals surface area contributed by atoms with Gasteiger partial charge in [-0.2, -0.15) is 0 Å². The SMILES string of the molecule is CC(C)CCCS(=O)c1ccc(N)cc1F. The highest BCUT2D eigenvalue weighted by atomic mass is 32.2. The van der Waals surface area contributed by atoms with Crippen LogP contribution < -0.4 is 5.73 Å². The van der Waals surface area contributed by atoms with E-state index in [1.807, 2.05) is 0 Å². The van der Waals surface area contributed by atoms with Gasteiger partial charge in [-0.25, -0.2) is 4.39 Å². The number of nitrogen functional groups attached to an aromatic ring is 1. The van der Waals surface area contributed by atoms with Crippen molar-refractivity contribution in [1.29, 1.82) is 0 Å². The number of hydrogen-bond acceptors (Lipinski definition) is 2. The van der Waals surface area contributed by atoms with Crippen LogP contribution in [0.2, 0.25) is 0 Å². The van der Waals surface area contributed by atoms with Crippen LogP contribution in [0.3, 0.4) is 0 Å². The second-order valence-electron chi connectivity index (χ2n) is 4.28. The largest absolute Gasteiger partial charge is 0.399 e. The Morgan fingerprint density at radius 2 is 2.12 bits per heavy atom. The van der Waals surface area contributed by atoms with Gasteiger partial charge in [0.15, 0.2) is 0 Å². The maximum absolute atomic E-state index is 13.4. The summed E-state index contributed by atoms with van der Waals surface area (Å²) < 4.78 is 25.2. The zero-order valence-electron chi connectivity index (χ0n) is 9.70. The van der Waals surface area contributed by atoms with Crippen LogP contribution in [-0.4, -0.2) is 9.96 Å². The molecule has 1 aromatic rings. The van der Waals surface area contributed by atoms with Gasteiger partial charge in [-0.05, 0) is 30.5 Å². The first kappa shape index (κ1) is 13.2. The summed E-state index contributed by atoms with van der Waals surface area (Å²) in [5.41, 5.74) is 5.79. The van der Waals surface area contributed by atoms with Gasteiger partial charge < -0.3 is 5.73 Å². The molecule has 1 rings (SSSR count). The third-order valence-electron chi connectivity index (χ3n) is 2.31. The quantitative estimate of drug-likeness (QED) is 0.808. The van der Waals surface area contributed by atoms with Crippen molar-refractivity contribution in [3.05, 3.63) is 24.0 Å². The smallest absolute Gasteiger partial charge is 0.141 e. The molecule has 0 amide bonds. The lowest BCUT2D eigenvalue weighted by molar-refractivity contribution is 0.572. The monoisotopic (exact) mass is 243 g/mol. The van der Waals surface area contributed by atoms with Crippen LogP contribution in [0.25, 0.3) is 0 Å². The highest BCUT2D eigenvalue weighted by Crippen LogP contribution is 2.17. The summed E-state index contributed by atoms with van der Waals surface area (Å²) in [6.45, 7) is 4.24. The molecular formula is C12H18FNOS. The molecule has 90 valence electrons. The Morgan fingerprint density at radius 1 is 1.44 bits per heavy atom. The topological polar surface area (TPSA) is 43.1 Å². The first-order valence-electron chi connectivity index (χ1n) is 5.44. The predicted molar refractivity (Wildman–Crippen MR) is 66.2 cm³/mol. The van der Waals surface area contributed by atoms with E-state index in [1.54, 1.807) is 6.07 Å². The summed E-state index contributed by atoms with van der Waals surface area (Å²) >= 11 is 0. The van der Waals surface area contributed by atoms with Gasteiger partial charge in [0.2, 0.25) is 0 Å². The molecule has 0 spiro atoms. The van der Waals surface area contributed by atoms with Gasteiger partial charge >= 0.3 is 0 Å². The number of hydrogen-bond donors (Lipinski definition) is 1. The van der Waals surface area contributed by atoms with E-state index in [9.17, 15) is 8.60 Å². The summed E-state index contributed by atoms with van der Waals surface area (Å²) in [6.07, 6.45) is 1.87. The van der Waals surface area contributed by atoms with E-state index in [1.165, 1.54) is 12.1 Å². The molecule has 16 heavy (non-hydrogen) atoms. The summed E-state index contributed by atoms with van der Waals surface area (Å²) in [4.78, 5) is 0.262. The number of nitrogens with two attached hydrogens (primary N) is 1. The van der Waals surface area contributed by atoms with E-state index in [4.69, 9.17) is 5.73 Å². The molecule has 0 bridgehead atoms. The van der Waals surface area contributed by atoms with E-state index in [2.05, 4.69) is 13.8 Å². The average Bonchev–Trinajstić information content (AvgIpc) is 2.16. The van der Waals surface area contributed by atoms with E-state index in [-0.39, 0.29) is 4.90 Å². The Bertz CT molecular complexity index is 379. The molecule has 0 fully saturated rings. The predicted octanol–water partition coefficient (Wildman–Crippen LogP) is 2.95. The van der Waals surface area contributed by atoms with Crippen molar-refractivity contribution >= 4 is 16.5 Å². The lowest BCUT2D eigenvalue weighted by Gasteiger charge is -2.06. The zero-order chi connectivity index (χ0) is 12.1. The lowest BCUT2D eigenvalue weighted by atomic mass is 10.1. The normalized spacial score (nSPS) is 13.0. The van der Waals surface area contributed by atoms with Crippen LogP contribution in [-0.2, 0) is 10.8 Å². The zero-order valence-corrected chi connectivity index (χ0v) is 10.5. The maximum Gasteiger partial charge on any atom is 0.141 e. The Labute approximate surface area is 98.5 Å². The number of halogens is 1. The Hall–Kier alpha value is -0.900. The molecule has 2 N–H and O–H groups in total. The summed E-state index contributed by atoms with van der Waals surface area (Å²) in [6, 6.07) is 4.31. The second-order valence-corrected chi connectivity index (χ2v) is 5.81. The molecule has 0 aliphatic rings. The van der Waals surface area contributed by atoms with Crippen molar-refractivity contribution in [2.24, 2.45) is 5.92 Å². The Kier molecular flexibility index (Phi) is 4.93. The third-order valence-corrected chi connectivity index (χ3v) is 3.79. The van der Waals surface area contributed by atoms with Gasteiger partial charge in [-0.3, -0.25) is 4.21 Å². The van der Waals surface area contributed by atoms with Gasteiger partial charge in [-0.15, -0.1) is 0 Å². The van der Waals surface area contributed by atoms with Gasteiger partial charge in [-0.1, -0.05) is 20.3 Å². The lowest BCUT2D eigenvalue weighted by Crippen LogP contribution is -2.03. The molecule has 0 radical (unpaired) electrons. The van der Waals surface area contributed by atoms with Crippen LogP contribution in [0.4, 0.5) is 10.1 Å². The first-order valence-corrected chi connectivity index (χ1v) is 6.76. The standard InChI is InChI=1S/C12H18FNOS/c1-9(2)4-3-7-16(15)12-6-5-10(14)8-11(12)13/h5-6,8-9H,3-4,7,14H2,1-2H3. The van der Waals surface area contributed by atoms with Crippen LogP contribution in [0, 0.1) is 11.7 Å². The average molecular weight is 243 g/mol. The molecule has 4 heteroatoms. The van der Waals surface area contributed by atoms with E-state index < -0.39 is 16.6 Å². The number of rotatable bonds is 5. The van der Waals surface area contributed by atoms with Gasteiger partial charge in [0.05, 0.1) is 15.7 Å². The summed E-state index contributed by atoms with van der Waals surface area (Å²) in [5.74, 6) is 0.634. The minimum Gasteiger partial charge on any atom is -0.399 e. The molecule has 2 nitrogen and oxygen atoms in total. The molecule has 0 saturated carbocycles. The molecule has 0 aromatic heterocycles. The number of benzene rings is 1. The van der Waals surface area contributed by atoms with Crippen molar-refractivity contribution in [3.8, 4) is 0 Å². The molecular weight excluding hydrogens is 225 g/mol. The van der Waals surface area contributed by atoms with Crippen molar-refractivity contribution in [2.45, 2.75) is 31.6 Å². The molecule has 0 aliphatic carbocycles. The summed E-state index contributed by atoms with van der Waals surface area (Å²) in [5, 5.41) is 0. The Balaban J connectivity index is 2.59. The van der Waals surface area contributed by atoms with Crippen LogP contribution >= 0.6 is 0 Å². The molecule has 1 aromatic carbocycles. The minimum absolute atomic E-state index is 0.262. The van der Waals surface area contributed by atoms with Gasteiger partial charge in [0.25, 0.3) is 0 Å². The molecule has 1 atom stereocenters. The van der Waals surface area contributed by atoms with Crippen molar-refractivity contribution in [1.82, 2.24) is 0 Å². The van der Waals surface area contributed by atoms with Crippen molar-refractivity contribution in [2.75, 3.05) is 11.5 Å².